The molecule has 1 fully saturated rings. The fourth-order valence-corrected chi connectivity index (χ4v) is 7.88. The Kier molecular flexibility index (Phi) is 17.9. The Morgan fingerprint density at radius 3 is 1.94 bits per heavy atom. The molecule has 0 bridgehead atoms. The molecule has 1 saturated carbocycles. The summed E-state index contributed by atoms with van der Waals surface area (Å²) in [7, 11) is 0. The zero-order valence-electron chi connectivity index (χ0n) is 31.7. The number of unbranched alkanes of at least 4 members (excludes halogenated alkanes) is 12. The number of rotatable bonds is 22. The van der Waals surface area contributed by atoms with Crippen molar-refractivity contribution < 1.29 is 37.0 Å². The molecule has 8 heteroatoms. The molecule has 2 aliphatic carbocycles. The summed E-state index contributed by atoms with van der Waals surface area (Å²) >= 11 is 0. The first-order valence-corrected chi connectivity index (χ1v) is 20.5. The number of fused-ring (bicyclic) bond motifs is 1. The van der Waals surface area contributed by atoms with E-state index in [4.69, 9.17) is 14.2 Å². The van der Waals surface area contributed by atoms with E-state index in [0.717, 1.165) is 50.0 Å². The summed E-state index contributed by atoms with van der Waals surface area (Å²) in [5.74, 6) is -1.43. The second-order valence-corrected chi connectivity index (χ2v) is 15.2. The van der Waals surface area contributed by atoms with E-state index in [-0.39, 0.29) is 24.7 Å². The fraction of sp³-hybridized carbons (Fsp3) is 0.682. The smallest absolute Gasteiger partial charge is 0.425 e. The number of carbonyl (C=O) groups is 2. The molecular weight excluding hydrogens is 665 g/mol. The molecule has 0 aliphatic heterocycles. The van der Waals surface area contributed by atoms with Gasteiger partial charge in [0.25, 0.3) is 0 Å². The van der Waals surface area contributed by atoms with Crippen LogP contribution < -0.4 is 4.74 Å². The Labute approximate surface area is 310 Å². The van der Waals surface area contributed by atoms with E-state index in [1.807, 2.05) is 31.2 Å². The van der Waals surface area contributed by atoms with Gasteiger partial charge in [-0.3, -0.25) is 9.59 Å². The van der Waals surface area contributed by atoms with Gasteiger partial charge < -0.3 is 14.2 Å². The largest absolute Gasteiger partial charge is 0.494 e. The molecule has 0 radical (unpaired) electrons. The molecule has 5 nitrogen and oxygen atoms in total. The molecule has 0 heterocycles. The van der Waals surface area contributed by atoms with Gasteiger partial charge in [-0.15, -0.1) is 0 Å². The zero-order valence-corrected chi connectivity index (χ0v) is 31.7. The summed E-state index contributed by atoms with van der Waals surface area (Å²) < 4.78 is 58.9. The Bertz CT molecular complexity index is 1320. The van der Waals surface area contributed by atoms with Crippen LogP contribution in [0.2, 0.25) is 0 Å². The predicted molar refractivity (Wildman–Crippen MR) is 200 cm³/mol. The summed E-state index contributed by atoms with van der Waals surface area (Å²) in [6.45, 7) is 4.98. The summed E-state index contributed by atoms with van der Waals surface area (Å²) in [4.78, 5) is 27.0. The summed E-state index contributed by atoms with van der Waals surface area (Å²) in [6, 6.07) is 15.8. The summed E-state index contributed by atoms with van der Waals surface area (Å²) in [5.41, 5.74) is 2.85. The zero-order chi connectivity index (χ0) is 37.2. The molecule has 4 rings (SSSR count). The highest BCUT2D eigenvalue weighted by atomic mass is 19.4. The van der Waals surface area contributed by atoms with Crippen LogP contribution in [0.3, 0.4) is 0 Å². The maximum absolute atomic E-state index is 13.9. The summed E-state index contributed by atoms with van der Waals surface area (Å²) in [5, 5.41) is 0. The van der Waals surface area contributed by atoms with Crippen molar-refractivity contribution in [1.82, 2.24) is 0 Å². The lowest BCUT2D eigenvalue weighted by Gasteiger charge is -2.35. The second kappa shape index (κ2) is 22.2. The molecule has 2 aliphatic rings. The Balaban J connectivity index is 1.24. The van der Waals surface area contributed by atoms with Crippen molar-refractivity contribution >= 4 is 11.9 Å². The molecule has 0 aromatic heterocycles. The van der Waals surface area contributed by atoms with E-state index < -0.39 is 30.3 Å². The van der Waals surface area contributed by atoms with Crippen molar-refractivity contribution in [3.8, 4) is 5.75 Å². The third-order valence-electron chi connectivity index (χ3n) is 11.1. The highest BCUT2D eigenvalue weighted by Crippen LogP contribution is 2.42. The van der Waals surface area contributed by atoms with E-state index in [0.29, 0.717) is 43.6 Å². The van der Waals surface area contributed by atoms with E-state index in [9.17, 15) is 22.8 Å². The van der Waals surface area contributed by atoms with Crippen molar-refractivity contribution in [2.45, 2.75) is 173 Å². The Morgan fingerprint density at radius 2 is 1.31 bits per heavy atom. The van der Waals surface area contributed by atoms with Crippen LogP contribution in [0.4, 0.5) is 13.2 Å². The molecule has 2 unspecified atom stereocenters. The maximum atomic E-state index is 13.9. The van der Waals surface area contributed by atoms with Gasteiger partial charge in [0.2, 0.25) is 0 Å². The number of hydrogen-bond acceptors (Lipinski definition) is 5. The second-order valence-electron chi connectivity index (χ2n) is 15.2. The van der Waals surface area contributed by atoms with Crippen LogP contribution in [0.25, 0.3) is 0 Å². The van der Waals surface area contributed by atoms with Crippen LogP contribution in [-0.4, -0.2) is 30.8 Å². The van der Waals surface area contributed by atoms with Crippen molar-refractivity contribution in [3.05, 3.63) is 65.2 Å². The quantitative estimate of drug-likeness (QED) is 0.0892. The van der Waals surface area contributed by atoms with Gasteiger partial charge in [-0.2, -0.15) is 13.2 Å². The van der Waals surface area contributed by atoms with Gasteiger partial charge in [-0.25, -0.2) is 0 Å². The van der Waals surface area contributed by atoms with Gasteiger partial charge in [0, 0.05) is 0 Å². The van der Waals surface area contributed by atoms with Gasteiger partial charge in [-0.1, -0.05) is 127 Å². The minimum absolute atomic E-state index is 0.263. The van der Waals surface area contributed by atoms with Gasteiger partial charge in [0.15, 0.2) is 6.10 Å². The SMILES string of the molecule is CCCCCCCCCCCCOc1ccc(C2CCC(C(=O)OC3c4ccccc4CCC3C(=O)O[C@H](CCCCCC)C(F)(F)F)CC2)cc1. The fourth-order valence-electron chi connectivity index (χ4n) is 7.88. The number of ether oxygens (including phenoxy) is 3. The highest BCUT2D eigenvalue weighted by Gasteiger charge is 2.46. The van der Waals surface area contributed by atoms with Crippen molar-refractivity contribution in [1.29, 1.82) is 0 Å². The minimum Gasteiger partial charge on any atom is -0.494 e. The predicted octanol–water partition coefficient (Wildman–Crippen LogP) is 12.6. The van der Waals surface area contributed by atoms with E-state index in [2.05, 4.69) is 19.1 Å². The standard InChI is InChI=1S/C44H63F3O5/c1-3-5-7-9-10-11-12-13-14-18-32-50-37-29-26-34(27-30-37)33-22-24-36(25-23-33)42(48)52-41-38-20-17-16-19-35(38)28-31-39(41)43(49)51-40(44(45,46)47)21-15-8-6-4-2/h16-17,19-20,26-27,29-30,33,36,39-41H,3-15,18,21-25,28,31-32H2,1-2H3/t33?,36?,39?,40-,41?/m1/s1. The topological polar surface area (TPSA) is 61.8 Å². The first-order chi connectivity index (χ1) is 25.2. The number of benzene rings is 2. The molecule has 0 saturated heterocycles. The lowest BCUT2D eigenvalue weighted by atomic mass is 9.78. The molecule has 290 valence electrons. The maximum Gasteiger partial charge on any atom is 0.425 e. The van der Waals surface area contributed by atoms with Gasteiger partial charge >= 0.3 is 18.1 Å². The summed E-state index contributed by atoms with van der Waals surface area (Å²) in [6.07, 6.45) is 11.4. The van der Waals surface area contributed by atoms with Crippen molar-refractivity contribution in [3.63, 3.8) is 0 Å². The molecule has 2 aromatic carbocycles. The molecule has 3 atom stereocenters. The number of aryl methyl sites for hydroxylation is 1. The molecule has 52 heavy (non-hydrogen) atoms. The highest BCUT2D eigenvalue weighted by molar-refractivity contribution is 5.77. The van der Waals surface area contributed by atoms with Crippen LogP contribution in [0.15, 0.2) is 48.5 Å². The van der Waals surface area contributed by atoms with Crippen molar-refractivity contribution in [2.24, 2.45) is 11.8 Å². The first-order valence-electron chi connectivity index (χ1n) is 20.5. The van der Waals surface area contributed by atoms with E-state index in [1.54, 1.807) is 12.1 Å². The monoisotopic (exact) mass is 728 g/mol. The van der Waals surface area contributed by atoms with Crippen LogP contribution in [0, 0.1) is 11.8 Å². The van der Waals surface area contributed by atoms with E-state index in [1.165, 1.54) is 63.4 Å². The van der Waals surface area contributed by atoms with Crippen LogP contribution in [0.1, 0.15) is 171 Å². The molecular formula is C44H63F3O5. The molecule has 0 spiro atoms. The number of carbonyl (C=O) groups excluding carboxylic acids is 2. The minimum atomic E-state index is -4.65. The van der Waals surface area contributed by atoms with Crippen LogP contribution in [0.5, 0.6) is 5.75 Å². The number of halogens is 3. The first kappa shape index (κ1) is 41.7. The van der Waals surface area contributed by atoms with Gasteiger partial charge in [-0.05, 0) is 92.5 Å². The van der Waals surface area contributed by atoms with Gasteiger partial charge in [0.05, 0.1) is 18.4 Å². The molecule has 2 aromatic rings. The lowest BCUT2D eigenvalue weighted by Crippen LogP contribution is -2.39. The van der Waals surface area contributed by atoms with Gasteiger partial charge in [0.1, 0.15) is 11.9 Å². The number of alkyl halides is 3. The molecule has 0 N–H and O–H groups in total. The third-order valence-corrected chi connectivity index (χ3v) is 11.1. The normalized spacial score (nSPS) is 20.9. The van der Waals surface area contributed by atoms with Crippen LogP contribution in [-0.2, 0) is 25.5 Å². The third kappa shape index (κ3) is 13.4. The lowest BCUT2D eigenvalue weighted by molar-refractivity contribution is -0.227. The Morgan fingerprint density at radius 1 is 0.712 bits per heavy atom. The van der Waals surface area contributed by atoms with Crippen molar-refractivity contribution in [2.75, 3.05) is 6.61 Å². The number of hydrogen-bond donors (Lipinski definition) is 0. The van der Waals surface area contributed by atoms with Crippen LogP contribution >= 0.6 is 0 Å². The molecule has 0 amide bonds. The average molecular weight is 729 g/mol. The van der Waals surface area contributed by atoms with E-state index >= 15 is 0 Å². The Hall–Kier alpha value is -3.03. The number of esters is 2. The average Bonchev–Trinajstić information content (AvgIpc) is 3.15.